The second kappa shape index (κ2) is 5.44. The van der Waals surface area contributed by atoms with Crippen molar-refractivity contribution in [1.29, 1.82) is 0 Å². The van der Waals surface area contributed by atoms with Gasteiger partial charge in [-0.1, -0.05) is 18.2 Å². The Hall–Kier alpha value is -2.18. The standard InChI is InChI=1S/C14H17N3O3/c1-7(15)13(18)11(12(16)14(19)20)9-6-17-10-5-3-2-4-8(9)10/h2-7,11-12,17H,15-16H2,1H3,(H,19,20)/t7-,11-,12-/m0/s1. The van der Waals surface area contributed by atoms with Crippen LogP contribution in [-0.2, 0) is 9.59 Å². The molecule has 1 heterocycles. The molecule has 0 amide bonds. The van der Waals surface area contributed by atoms with Crippen molar-refractivity contribution in [3.8, 4) is 0 Å². The van der Waals surface area contributed by atoms with Gasteiger partial charge in [0.2, 0.25) is 0 Å². The first-order valence-electron chi connectivity index (χ1n) is 6.27. The third kappa shape index (κ3) is 2.43. The molecule has 0 spiro atoms. The van der Waals surface area contributed by atoms with Crippen LogP contribution in [-0.4, -0.2) is 33.9 Å². The van der Waals surface area contributed by atoms with Crippen molar-refractivity contribution in [3.63, 3.8) is 0 Å². The van der Waals surface area contributed by atoms with Gasteiger partial charge < -0.3 is 21.6 Å². The number of carbonyl (C=O) groups excluding carboxylic acids is 1. The zero-order valence-electron chi connectivity index (χ0n) is 11.0. The first-order chi connectivity index (χ1) is 9.43. The molecular weight excluding hydrogens is 258 g/mol. The SMILES string of the molecule is C[C@H](N)C(=O)[C@@H](c1c[nH]c2ccccc12)[C@H](N)C(=O)O. The van der Waals surface area contributed by atoms with Gasteiger partial charge in [-0.05, 0) is 18.6 Å². The lowest BCUT2D eigenvalue weighted by molar-refractivity contribution is -0.141. The first-order valence-corrected chi connectivity index (χ1v) is 6.27. The van der Waals surface area contributed by atoms with Crippen LogP contribution in [0.2, 0.25) is 0 Å². The van der Waals surface area contributed by atoms with Gasteiger partial charge in [0.15, 0.2) is 5.78 Å². The molecule has 0 saturated heterocycles. The van der Waals surface area contributed by atoms with E-state index < -0.39 is 24.0 Å². The number of carboxylic acids is 1. The van der Waals surface area contributed by atoms with E-state index in [4.69, 9.17) is 16.6 Å². The van der Waals surface area contributed by atoms with Gasteiger partial charge in [0.05, 0.1) is 12.0 Å². The number of carbonyl (C=O) groups is 2. The predicted octanol–water partition coefficient (Wildman–Crippen LogP) is 0.580. The first kappa shape index (κ1) is 14.2. The summed E-state index contributed by atoms with van der Waals surface area (Å²) in [5.74, 6) is -2.58. The van der Waals surface area contributed by atoms with Crippen molar-refractivity contribution in [2.24, 2.45) is 11.5 Å². The van der Waals surface area contributed by atoms with Crippen LogP contribution in [0, 0.1) is 0 Å². The van der Waals surface area contributed by atoms with E-state index in [0.29, 0.717) is 5.56 Å². The van der Waals surface area contributed by atoms with E-state index in [1.165, 1.54) is 6.92 Å². The minimum Gasteiger partial charge on any atom is -0.480 e. The maximum atomic E-state index is 12.2. The summed E-state index contributed by atoms with van der Waals surface area (Å²) in [6.45, 7) is 1.53. The van der Waals surface area contributed by atoms with E-state index in [9.17, 15) is 9.59 Å². The number of ketones is 1. The molecule has 0 saturated carbocycles. The number of aromatic nitrogens is 1. The number of aliphatic carboxylic acids is 1. The average Bonchev–Trinajstić information content (AvgIpc) is 2.82. The highest BCUT2D eigenvalue weighted by Gasteiger charge is 2.35. The third-order valence-electron chi connectivity index (χ3n) is 3.36. The lowest BCUT2D eigenvalue weighted by Crippen LogP contribution is -2.45. The van der Waals surface area contributed by atoms with Crippen molar-refractivity contribution in [3.05, 3.63) is 36.0 Å². The van der Waals surface area contributed by atoms with Crippen molar-refractivity contribution in [1.82, 2.24) is 4.98 Å². The number of para-hydroxylation sites is 1. The van der Waals surface area contributed by atoms with Crippen molar-refractivity contribution in [2.45, 2.75) is 24.9 Å². The Balaban J connectivity index is 2.56. The molecule has 0 aliphatic carbocycles. The zero-order chi connectivity index (χ0) is 14.9. The van der Waals surface area contributed by atoms with E-state index >= 15 is 0 Å². The van der Waals surface area contributed by atoms with Crippen LogP contribution in [0.15, 0.2) is 30.5 Å². The summed E-state index contributed by atoms with van der Waals surface area (Å²) in [5, 5.41) is 9.91. The van der Waals surface area contributed by atoms with Crippen LogP contribution in [0.25, 0.3) is 10.9 Å². The molecule has 106 valence electrons. The van der Waals surface area contributed by atoms with Gasteiger partial charge in [0.25, 0.3) is 0 Å². The zero-order valence-corrected chi connectivity index (χ0v) is 11.0. The van der Waals surface area contributed by atoms with Gasteiger partial charge in [-0.3, -0.25) is 9.59 Å². The van der Waals surface area contributed by atoms with E-state index in [-0.39, 0.29) is 5.78 Å². The molecule has 3 atom stereocenters. The fourth-order valence-electron chi connectivity index (χ4n) is 2.30. The molecule has 0 bridgehead atoms. The van der Waals surface area contributed by atoms with Gasteiger partial charge in [-0.2, -0.15) is 0 Å². The number of benzene rings is 1. The fraction of sp³-hybridized carbons (Fsp3) is 0.286. The van der Waals surface area contributed by atoms with Gasteiger partial charge in [0, 0.05) is 17.1 Å². The quantitative estimate of drug-likeness (QED) is 0.635. The van der Waals surface area contributed by atoms with Crippen LogP contribution in [0.3, 0.4) is 0 Å². The highest BCUT2D eigenvalue weighted by atomic mass is 16.4. The smallest absolute Gasteiger partial charge is 0.321 e. The molecule has 0 aliphatic rings. The number of H-pyrrole nitrogens is 1. The summed E-state index contributed by atoms with van der Waals surface area (Å²) in [5.41, 5.74) is 12.7. The lowest BCUT2D eigenvalue weighted by Gasteiger charge is -2.21. The molecule has 2 rings (SSSR count). The maximum Gasteiger partial charge on any atom is 0.321 e. The van der Waals surface area contributed by atoms with Crippen molar-refractivity contribution in [2.75, 3.05) is 0 Å². The number of aromatic amines is 1. The summed E-state index contributed by atoms with van der Waals surface area (Å²) >= 11 is 0. The average molecular weight is 275 g/mol. The monoisotopic (exact) mass is 275 g/mol. The highest BCUT2D eigenvalue weighted by Crippen LogP contribution is 2.29. The summed E-state index contributed by atoms with van der Waals surface area (Å²) < 4.78 is 0. The Kier molecular flexibility index (Phi) is 3.87. The molecular formula is C14H17N3O3. The molecule has 0 unspecified atom stereocenters. The molecule has 2 aromatic rings. The van der Waals surface area contributed by atoms with Gasteiger partial charge in [0.1, 0.15) is 6.04 Å². The Morgan fingerprint density at radius 1 is 1.25 bits per heavy atom. The van der Waals surface area contributed by atoms with Crippen LogP contribution in [0.5, 0.6) is 0 Å². The number of hydrogen-bond donors (Lipinski definition) is 4. The fourth-order valence-corrected chi connectivity index (χ4v) is 2.30. The minimum atomic E-state index is -1.33. The predicted molar refractivity (Wildman–Crippen MR) is 75.3 cm³/mol. The molecule has 6 heteroatoms. The summed E-state index contributed by atoms with van der Waals surface area (Å²) in [7, 11) is 0. The molecule has 1 aromatic carbocycles. The van der Waals surface area contributed by atoms with Crippen LogP contribution >= 0.6 is 0 Å². The summed E-state index contributed by atoms with van der Waals surface area (Å²) in [4.78, 5) is 26.4. The Morgan fingerprint density at radius 2 is 1.90 bits per heavy atom. The Labute approximate surface area is 115 Å². The van der Waals surface area contributed by atoms with Crippen LogP contribution < -0.4 is 11.5 Å². The Bertz CT molecular complexity index is 648. The third-order valence-corrected chi connectivity index (χ3v) is 3.36. The molecule has 20 heavy (non-hydrogen) atoms. The van der Waals surface area contributed by atoms with Gasteiger partial charge >= 0.3 is 5.97 Å². The molecule has 6 N–H and O–H groups in total. The van der Waals surface area contributed by atoms with Crippen molar-refractivity contribution >= 4 is 22.7 Å². The number of hydrogen-bond acceptors (Lipinski definition) is 4. The van der Waals surface area contributed by atoms with Gasteiger partial charge in [-0.15, -0.1) is 0 Å². The molecule has 6 nitrogen and oxygen atoms in total. The lowest BCUT2D eigenvalue weighted by atomic mass is 9.85. The number of nitrogens with two attached hydrogens (primary N) is 2. The minimum absolute atomic E-state index is 0.385. The molecule has 0 radical (unpaired) electrons. The normalized spacial score (nSPS) is 15.8. The molecule has 0 aliphatic heterocycles. The van der Waals surface area contributed by atoms with E-state index in [0.717, 1.165) is 10.9 Å². The second-order valence-electron chi connectivity index (χ2n) is 4.82. The van der Waals surface area contributed by atoms with Crippen molar-refractivity contribution < 1.29 is 14.7 Å². The van der Waals surface area contributed by atoms with Crippen LogP contribution in [0.4, 0.5) is 0 Å². The maximum absolute atomic E-state index is 12.2. The van der Waals surface area contributed by atoms with E-state index in [1.54, 1.807) is 6.20 Å². The highest BCUT2D eigenvalue weighted by molar-refractivity contribution is 5.99. The van der Waals surface area contributed by atoms with Gasteiger partial charge in [-0.25, -0.2) is 0 Å². The number of Topliss-reactive ketones (excluding diaryl/α,β-unsaturated/α-hetero) is 1. The second-order valence-corrected chi connectivity index (χ2v) is 4.82. The topological polar surface area (TPSA) is 122 Å². The summed E-state index contributed by atoms with van der Waals surface area (Å²) in [6, 6.07) is 5.23. The number of carboxylic acid groups (broad SMARTS) is 1. The Morgan fingerprint density at radius 3 is 2.50 bits per heavy atom. The number of fused-ring (bicyclic) bond motifs is 1. The van der Waals surface area contributed by atoms with E-state index in [2.05, 4.69) is 4.98 Å². The largest absolute Gasteiger partial charge is 0.480 e. The molecule has 0 fully saturated rings. The summed E-state index contributed by atoms with van der Waals surface area (Å²) in [6.07, 6.45) is 1.62. The van der Waals surface area contributed by atoms with E-state index in [1.807, 2.05) is 24.3 Å². The number of rotatable bonds is 5. The number of nitrogens with one attached hydrogen (secondary N) is 1. The van der Waals surface area contributed by atoms with Crippen LogP contribution in [0.1, 0.15) is 18.4 Å². The molecule has 1 aromatic heterocycles.